The zero-order valence-corrected chi connectivity index (χ0v) is 11.3. The minimum atomic E-state index is -0.414. The van der Waals surface area contributed by atoms with E-state index >= 15 is 0 Å². The van der Waals surface area contributed by atoms with E-state index in [0.717, 1.165) is 25.9 Å². The lowest BCUT2D eigenvalue weighted by molar-refractivity contribution is -0.384. The summed E-state index contributed by atoms with van der Waals surface area (Å²) >= 11 is 0. The van der Waals surface area contributed by atoms with Gasteiger partial charge >= 0.3 is 5.69 Å². The Morgan fingerprint density at radius 3 is 2.79 bits per heavy atom. The number of hydrogen-bond donors (Lipinski definition) is 1. The van der Waals surface area contributed by atoms with Crippen LogP contribution in [-0.2, 0) is 0 Å². The molecule has 1 N–H and O–H groups in total. The predicted molar refractivity (Wildman–Crippen MR) is 73.5 cm³/mol. The Labute approximate surface area is 112 Å². The van der Waals surface area contributed by atoms with Crippen LogP contribution in [0.1, 0.15) is 26.7 Å². The smallest absolute Gasteiger partial charge is 0.329 e. The summed E-state index contributed by atoms with van der Waals surface area (Å²) in [5.74, 6) is 1.55. The molecular weight excluding hydrogens is 246 g/mol. The highest BCUT2D eigenvalue weighted by Crippen LogP contribution is 2.29. The van der Waals surface area contributed by atoms with Crippen molar-refractivity contribution in [1.29, 1.82) is 0 Å². The number of nitro groups is 1. The fraction of sp³-hybridized carbons (Fsp3) is 0.667. The van der Waals surface area contributed by atoms with Crippen LogP contribution in [0.15, 0.2) is 6.20 Å². The van der Waals surface area contributed by atoms with Crippen LogP contribution in [-0.4, -0.2) is 34.5 Å². The summed E-state index contributed by atoms with van der Waals surface area (Å²) in [7, 11) is 0. The quantitative estimate of drug-likeness (QED) is 0.662. The zero-order chi connectivity index (χ0) is 13.8. The Hall–Kier alpha value is -1.92. The summed E-state index contributed by atoms with van der Waals surface area (Å²) < 4.78 is 0. The summed E-state index contributed by atoms with van der Waals surface area (Å²) in [4.78, 5) is 20.9. The Morgan fingerprint density at radius 1 is 1.53 bits per heavy atom. The van der Waals surface area contributed by atoms with E-state index in [-0.39, 0.29) is 5.69 Å². The lowest BCUT2D eigenvalue weighted by atomic mass is 9.99. The van der Waals surface area contributed by atoms with Crippen LogP contribution in [0.5, 0.6) is 0 Å². The second-order valence-electron chi connectivity index (χ2n) is 4.86. The van der Waals surface area contributed by atoms with Crippen LogP contribution in [0.2, 0.25) is 0 Å². The Morgan fingerprint density at radius 2 is 2.21 bits per heavy atom. The highest BCUT2D eigenvalue weighted by atomic mass is 16.6. The van der Waals surface area contributed by atoms with Crippen molar-refractivity contribution in [2.24, 2.45) is 5.92 Å². The van der Waals surface area contributed by atoms with Crippen LogP contribution in [0.3, 0.4) is 0 Å². The maximum atomic E-state index is 11.1. The first-order chi connectivity index (χ1) is 9.11. The van der Waals surface area contributed by atoms with E-state index in [1.807, 2.05) is 11.8 Å². The first-order valence-corrected chi connectivity index (χ1v) is 6.62. The molecule has 104 valence electrons. The van der Waals surface area contributed by atoms with Gasteiger partial charge in [0, 0.05) is 19.6 Å². The van der Waals surface area contributed by atoms with Crippen molar-refractivity contribution in [3.8, 4) is 0 Å². The van der Waals surface area contributed by atoms with Crippen molar-refractivity contribution in [3.05, 3.63) is 16.3 Å². The molecule has 1 aliphatic rings. The molecule has 7 nitrogen and oxygen atoms in total. The van der Waals surface area contributed by atoms with Gasteiger partial charge in [-0.25, -0.2) is 4.98 Å². The average molecular weight is 265 g/mol. The number of nitrogens with zero attached hydrogens (tertiary/aromatic N) is 4. The van der Waals surface area contributed by atoms with E-state index in [0.29, 0.717) is 24.2 Å². The summed E-state index contributed by atoms with van der Waals surface area (Å²) in [6.45, 7) is 6.45. The van der Waals surface area contributed by atoms with Gasteiger partial charge in [0.25, 0.3) is 0 Å². The molecule has 19 heavy (non-hydrogen) atoms. The summed E-state index contributed by atoms with van der Waals surface area (Å²) in [5, 5.41) is 14.1. The van der Waals surface area contributed by atoms with E-state index in [9.17, 15) is 10.1 Å². The van der Waals surface area contributed by atoms with E-state index in [1.54, 1.807) is 0 Å². The molecule has 7 heteroatoms. The normalized spacial score (nSPS) is 16.4. The van der Waals surface area contributed by atoms with Crippen molar-refractivity contribution in [3.63, 3.8) is 0 Å². The third-order valence-corrected chi connectivity index (χ3v) is 3.36. The van der Waals surface area contributed by atoms with Crippen LogP contribution >= 0.6 is 0 Å². The molecule has 1 saturated heterocycles. The molecular formula is C12H19N5O2. The second kappa shape index (κ2) is 5.81. The minimum Gasteiger partial charge on any atom is -0.354 e. The van der Waals surface area contributed by atoms with Crippen LogP contribution in [0.4, 0.5) is 17.5 Å². The largest absolute Gasteiger partial charge is 0.354 e. The molecule has 0 spiro atoms. The maximum absolute atomic E-state index is 11.1. The van der Waals surface area contributed by atoms with Gasteiger partial charge < -0.3 is 10.2 Å². The molecule has 1 fully saturated rings. The molecule has 0 aromatic carbocycles. The molecule has 0 radical (unpaired) electrons. The van der Waals surface area contributed by atoms with Gasteiger partial charge in [-0.1, -0.05) is 6.92 Å². The van der Waals surface area contributed by atoms with Crippen LogP contribution in [0, 0.1) is 16.0 Å². The van der Waals surface area contributed by atoms with E-state index in [1.165, 1.54) is 6.20 Å². The van der Waals surface area contributed by atoms with Gasteiger partial charge in [-0.2, -0.15) is 4.98 Å². The van der Waals surface area contributed by atoms with Gasteiger partial charge in [0.15, 0.2) is 0 Å². The van der Waals surface area contributed by atoms with Gasteiger partial charge in [-0.15, -0.1) is 0 Å². The fourth-order valence-corrected chi connectivity index (χ4v) is 2.19. The first-order valence-electron chi connectivity index (χ1n) is 6.62. The molecule has 0 amide bonds. The third-order valence-electron chi connectivity index (χ3n) is 3.36. The van der Waals surface area contributed by atoms with Crippen LogP contribution < -0.4 is 10.2 Å². The number of anilines is 2. The monoisotopic (exact) mass is 265 g/mol. The topological polar surface area (TPSA) is 84.2 Å². The first kappa shape index (κ1) is 13.5. The van der Waals surface area contributed by atoms with E-state index in [2.05, 4.69) is 22.2 Å². The molecule has 0 unspecified atom stereocenters. The van der Waals surface area contributed by atoms with E-state index < -0.39 is 4.92 Å². The average Bonchev–Trinajstić information content (AvgIpc) is 2.39. The molecule has 2 rings (SSSR count). The van der Waals surface area contributed by atoms with Crippen molar-refractivity contribution in [1.82, 2.24) is 9.97 Å². The number of nitrogens with one attached hydrogen (secondary N) is 1. The Balaban J connectivity index is 2.29. The van der Waals surface area contributed by atoms with Crippen molar-refractivity contribution >= 4 is 17.5 Å². The molecule has 0 aliphatic carbocycles. The van der Waals surface area contributed by atoms with Gasteiger partial charge in [0.2, 0.25) is 11.8 Å². The van der Waals surface area contributed by atoms with Gasteiger partial charge in [-0.05, 0) is 25.7 Å². The second-order valence-corrected chi connectivity index (χ2v) is 4.86. The number of rotatable bonds is 4. The minimum absolute atomic E-state index is 0.0174. The lowest BCUT2D eigenvalue weighted by Crippen LogP contribution is -2.34. The van der Waals surface area contributed by atoms with Gasteiger partial charge in [-0.3, -0.25) is 10.1 Å². The standard InChI is InChI=1S/C12H19N5O2/c1-3-13-12-14-8-10(17(18)19)11(15-12)16-6-4-9(2)5-7-16/h8-9H,3-7H2,1-2H3,(H,13,14,15). The SMILES string of the molecule is CCNc1ncc([N+](=O)[O-])c(N2CCC(C)CC2)n1. The molecule has 1 aromatic heterocycles. The van der Waals surface area contributed by atoms with Crippen molar-refractivity contribution in [2.45, 2.75) is 26.7 Å². The molecule has 0 saturated carbocycles. The summed E-state index contributed by atoms with van der Waals surface area (Å²) in [5.41, 5.74) is -0.0174. The number of hydrogen-bond acceptors (Lipinski definition) is 6. The Bertz CT molecular complexity index is 457. The third kappa shape index (κ3) is 3.10. The molecule has 1 aromatic rings. The van der Waals surface area contributed by atoms with Crippen molar-refractivity contribution < 1.29 is 4.92 Å². The molecule has 2 heterocycles. The zero-order valence-electron chi connectivity index (χ0n) is 11.3. The highest BCUT2D eigenvalue weighted by molar-refractivity contribution is 5.59. The van der Waals surface area contributed by atoms with E-state index in [4.69, 9.17) is 0 Å². The molecule has 0 bridgehead atoms. The number of piperidine rings is 1. The van der Waals surface area contributed by atoms with Crippen LogP contribution in [0.25, 0.3) is 0 Å². The predicted octanol–water partition coefficient (Wildman–Crippen LogP) is 2.05. The molecule has 1 aliphatic heterocycles. The van der Waals surface area contributed by atoms with Gasteiger partial charge in [0.1, 0.15) is 6.20 Å². The highest BCUT2D eigenvalue weighted by Gasteiger charge is 2.25. The summed E-state index contributed by atoms with van der Waals surface area (Å²) in [6, 6.07) is 0. The number of aromatic nitrogens is 2. The summed E-state index contributed by atoms with van der Waals surface area (Å²) in [6.07, 6.45) is 3.37. The maximum Gasteiger partial charge on any atom is 0.329 e. The van der Waals surface area contributed by atoms with Crippen molar-refractivity contribution in [2.75, 3.05) is 29.9 Å². The fourth-order valence-electron chi connectivity index (χ4n) is 2.19. The molecule has 0 atom stereocenters. The Kier molecular flexibility index (Phi) is 4.13. The lowest BCUT2D eigenvalue weighted by Gasteiger charge is -2.30. The van der Waals surface area contributed by atoms with Gasteiger partial charge in [0.05, 0.1) is 4.92 Å².